The number of benzene rings is 1. The summed E-state index contributed by atoms with van der Waals surface area (Å²) >= 11 is 0. The largest absolute Gasteiger partial charge is 0.490 e. The lowest BCUT2D eigenvalue weighted by Crippen LogP contribution is -2.53. The maximum Gasteiger partial charge on any atom is 0.225 e. The van der Waals surface area contributed by atoms with E-state index < -0.39 is 0 Å². The number of piperazine rings is 1. The molecule has 2 heterocycles. The molecule has 0 amide bonds. The Hall–Kier alpha value is -2.83. The molecule has 7 heteroatoms. The van der Waals surface area contributed by atoms with Crippen LogP contribution in [-0.2, 0) is 6.54 Å². The van der Waals surface area contributed by atoms with Crippen molar-refractivity contribution < 1.29 is 4.74 Å². The molecule has 2 aromatic rings. The zero-order chi connectivity index (χ0) is 20.6. The van der Waals surface area contributed by atoms with Crippen LogP contribution in [0.4, 0.5) is 5.95 Å². The molecule has 1 saturated carbocycles. The van der Waals surface area contributed by atoms with Gasteiger partial charge < -0.3 is 19.9 Å². The Labute approximate surface area is 179 Å². The summed E-state index contributed by atoms with van der Waals surface area (Å²) in [6, 6.07) is 10.2. The van der Waals surface area contributed by atoms with Gasteiger partial charge in [0.05, 0.1) is 12.6 Å². The fourth-order valence-corrected chi connectivity index (χ4v) is 4.09. The third-order valence-electron chi connectivity index (χ3n) is 5.72. The van der Waals surface area contributed by atoms with Crippen molar-refractivity contribution in [2.24, 2.45) is 4.99 Å². The Morgan fingerprint density at radius 3 is 2.53 bits per heavy atom. The summed E-state index contributed by atoms with van der Waals surface area (Å²) in [6.45, 7) is 7.13. The second-order valence-corrected chi connectivity index (χ2v) is 7.83. The van der Waals surface area contributed by atoms with Crippen LogP contribution in [0.2, 0.25) is 0 Å². The first-order valence-electron chi connectivity index (χ1n) is 11.1. The molecule has 0 atom stereocenters. The first-order chi connectivity index (χ1) is 14.8. The zero-order valence-corrected chi connectivity index (χ0v) is 17.8. The van der Waals surface area contributed by atoms with Crippen LogP contribution in [0, 0.1) is 0 Å². The van der Waals surface area contributed by atoms with Crippen molar-refractivity contribution in [2.45, 2.75) is 45.3 Å². The second-order valence-electron chi connectivity index (χ2n) is 7.83. The molecule has 1 N–H and O–H groups in total. The molecule has 2 fully saturated rings. The van der Waals surface area contributed by atoms with Crippen LogP contribution in [0.25, 0.3) is 0 Å². The molecule has 1 aromatic heterocycles. The smallest absolute Gasteiger partial charge is 0.225 e. The first-order valence-corrected chi connectivity index (χ1v) is 11.1. The summed E-state index contributed by atoms with van der Waals surface area (Å²) in [5.74, 6) is 2.74. The monoisotopic (exact) mass is 408 g/mol. The molecule has 0 spiro atoms. The van der Waals surface area contributed by atoms with Crippen molar-refractivity contribution in [2.75, 3.05) is 37.6 Å². The molecule has 1 aliphatic carbocycles. The van der Waals surface area contributed by atoms with Crippen molar-refractivity contribution >= 4 is 11.9 Å². The molecule has 1 aromatic carbocycles. The Morgan fingerprint density at radius 2 is 1.80 bits per heavy atom. The number of nitrogens with one attached hydrogen (secondary N) is 1. The van der Waals surface area contributed by atoms with Crippen molar-refractivity contribution in [3.8, 4) is 5.75 Å². The van der Waals surface area contributed by atoms with Gasteiger partial charge >= 0.3 is 0 Å². The van der Waals surface area contributed by atoms with Gasteiger partial charge in [-0.1, -0.05) is 18.2 Å². The maximum absolute atomic E-state index is 6.28. The lowest BCUT2D eigenvalue weighted by Gasteiger charge is -2.36. The van der Waals surface area contributed by atoms with Gasteiger partial charge in [-0.25, -0.2) is 15.0 Å². The van der Waals surface area contributed by atoms with E-state index >= 15 is 0 Å². The van der Waals surface area contributed by atoms with Gasteiger partial charge in [-0.15, -0.1) is 0 Å². The zero-order valence-electron chi connectivity index (χ0n) is 17.8. The van der Waals surface area contributed by atoms with Gasteiger partial charge in [0.2, 0.25) is 5.95 Å². The van der Waals surface area contributed by atoms with Crippen molar-refractivity contribution in [1.29, 1.82) is 0 Å². The Kier molecular flexibility index (Phi) is 7.00. The van der Waals surface area contributed by atoms with Crippen LogP contribution in [-0.4, -0.2) is 59.7 Å². The molecule has 30 heavy (non-hydrogen) atoms. The van der Waals surface area contributed by atoms with E-state index in [2.05, 4.69) is 50.2 Å². The summed E-state index contributed by atoms with van der Waals surface area (Å²) in [5, 5.41) is 3.46. The maximum atomic E-state index is 6.28. The minimum Gasteiger partial charge on any atom is -0.490 e. The summed E-state index contributed by atoms with van der Waals surface area (Å²) < 4.78 is 6.28. The fraction of sp³-hybridized carbons (Fsp3) is 0.522. The lowest BCUT2D eigenvalue weighted by atomic mass is 10.2. The van der Waals surface area contributed by atoms with E-state index in [-0.39, 0.29) is 0 Å². The highest BCUT2D eigenvalue weighted by atomic mass is 16.5. The molecule has 160 valence electrons. The van der Waals surface area contributed by atoms with Gasteiger partial charge in [0.25, 0.3) is 0 Å². The number of guanidine groups is 1. The normalized spacial score (nSPS) is 18.0. The average molecular weight is 409 g/mol. The number of aromatic nitrogens is 2. The van der Waals surface area contributed by atoms with E-state index in [0.29, 0.717) is 12.6 Å². The molecule has 7 nitrogen and oxygen atoms in total. The van der Waals surface area contributed by atoms with E-state index in [9.17, 15) is 0 Å². The van der Waals surface area contributed by atoms with Gasteiger partial charge in [0, 0.05) is 50.7 Å². The Balaban J connectivity index is 1.40. The van der Waals surface area contributed by atoms with Crippen LogP contribution in [0.5, 0.6) is 5.75 Å². The minimum atomic E-state index is 0.358. The topological polar surface area (TPSA) is 65.9 Å². The van der Waals surface area contributed by atoms with E-state index in [1.807, 2.05) is 12.1 Å². The van der Waals surface area contributed by atoms with E-state index in [0.717, 1.165) is 68.8 Å². The van der Waals surface area contributed by atoms with Crippen LogP contribution >= 0.6 is 0 Å². The third-order valence-corrected chi connectivity index (χ3v) is 5.72. The average Bonchev–Trinajstić information content (AvgIpc) is 3.31. The molecule has 4 rings (SSSR count). The van der Waals surface area contributed by atoms with Crippen LogP contribution in [0.1, 0.15) is 38.2 Å². The number of hydrogen-bond donors (Lipinski definition) is 1. The van der Waals surface area contributed by atoms with Crippen LogP contribution < -0.4 is 15.0 Å². The van der Waals surface area contributed by atoms with Crippen LogP contribution in [0.15, 0.2) is 47.7 Å². The van der Waals surface area contributed by atoms with Crippen molar-refractivity contribution in [3.63, 3.8) is 0 Å². The summed E-state index contributed by atoms with van der Waals surface area (Å²) in [6.07, 6.45) is 8.82. The number of hydrogen-bond acceptors (Lipinski definition) is 5. The van der Waals surface area contributed by atoms with Crippen molar-refractivity contribution in [3.05, 3.63) is 48.3 Å². The standard InChI is InChI=1S/C23H32N6O/c1-2-24-22(28-14-16-29(17-15-28)23-25-12-7-13-26-23)27-18-19-8-3-6-11-21(19)30-20-9-4-5-10-20/h3,6-8,11-13,20H,2,4-5,9-10,14-18H2,1H3,(H,24,27). The van der Waals surface area contributed by atoms with E-state index in [1.54, 1.807) is 12.4 Å². The highest BCUT2D eigenvalue weighted by Gasteiger charge is 2.21. The molecule has 1 aliphatic heterocycles. The van der Waals surface area contributed by atoms with Crippen LogP contribution in [0.3, 0.4) is 0 Å². The number of aliphatic imine (C=N–C) groups is 1. The molecular formula is C23H32N6O. The van der Waals surface area contributed by atoms with E-state index in [4.69, 9.17) is 9.73 Å². The Bertz CT molecular complexity index is 813. The Morgan fingerprint density at radius 1 is 1.07 bits per heavy atom. The fourth-order valence-electron chi connectivity index (χ4n) is 4.09. The lowest BCUT2D eigenvalue weighted by molar-refractivity contribution is 0.208. The third kappa shape index (κ3) is 5.20. The van der Waals surface area contributed by atoms with E-state index in [1.165, 1.54) is 12.8 Å². The summed E-state index contributed by atoms with van der Waals surface area (Å²) in [5.41, 5.74) is 1.15. The highest BCUT2D eigenvalue weighted by molar-refractivity contribution is 5.80. The van der Waals surface area contributed by atoms with Crippen molar-refractivity contribution in [1.82, 2.24) is 20.2 Å². The first kappa shape index (κ1) is 20.4. The summed E-state index contributed by atoms with van der Waals surface area (Å²) in [7, 11) is 0. The predicted octanol–water partition coefficient (Wildman–Crippen LogP) is 3.09. The number of nitrogens with zero attached hydrogens (tertiary/aromatic N) is 5. The molecule has 1 saturated heterocycles. The number of para-hydroxylation sites is 1. The van der Waals surface area contributed by atoms with Gasteiger partial charge in [0.1, 0.15) is 5.75 Å². The second kappa shape index (κ2) is 10.3. The molecular weight excluding hydrogens is 376 g/mol. The molecule has 2 aliphatic rings. The van der Waals surface area contributed by atoms with Gasteiger partial charge in [-0.05, 0) is 44.7 Å². The molecule has 0 radical (unpaired) electrons. The quantitative estimate of drug-likeness (QED) is 0.585. The molecule has 0 bridgehead atoms. The number of ether oxygens (including phenoxy) is 1. The minimum absolute atomic E-state index is 0.358. The number of anilines is 1. The predicted molar refractivity (Wildman–Crippen MR) is 120 cm³/mol. The van der Waals surface area contributed by atoms with Gasteiger partial charge in [0.15, 0.2) is 5.96 Å². The van der Waals surface area contributed by atoms with Gasteiger partial charge in [-0.2, -0.15) is 0 Å². The number of rotatable bonds is 6. The summed E-state index contributed by atoms with van der Waals surface area (Å²) in [4.78, 5) is 18.2. The molecule has 0 unspecified atom stereocenters. The van der Waals surface area contributed by atoms with Gasteiger partial charge in [-0.3, -0.25) is 0 Å². The highest BCUT2D eigenvalue weighted by Crippen LogP contribution is 2.27. The SMILES string of the molecule is CCNC(=NCc1ccccc1OC1CCCC1)N1CCN(c2ncccn2)CC1.